The second kappa shape index (κ2) is 6.19. The molecule has 100 valence electrons. The lowest BCUT2D eigenvalue weighted by atomic mass is 9.98. The van der Waals surface area contributed by atoms with E-state index in [1.807, 2.05) is 6.07 Å². The van der Waals surface area contributed by atoms with Gasteiger partial charge in [-0.25, -0.2) is 4.39 Å². The Balaban J connectivity index is 2.25. The lowest BCUT2D eigenvalue weighted by molar-refractivity contribution is 0.626. The molecule has 0 aromatic heterocycles. The normalized spacial score (nSPS) is 12.5. The van der Waals surface area contributed by atoms with Crippen LogP contribution in [0.3, 0.4) is 0 Å². The monoisotopic (exact) mass is 384 g/mol. The predicted octanol–water partition coefficient (Wildman–Crippen LogP) is 5.88. The fourth-order valence-electron chi connectivity index (χ4n) is 2.08. The maximum atomic E-state index is 13.1. The minimum atomic E-state index is -0.220. The Morgan fingerprint density at radius 3 is 2.53 bits per heavy atom. The van der Waals surface area contributed by atoms with E-state index in [9.17, 15) is 4.39 Å². The molecule has 0 amide bonds. The Labute approximate surface area is 130 Å². The molecule has 0 fully saturated rings. The smallest absolute Gasteiger partial charge is 0.124 e. The van der Waals surface area contributed by atoms with E-state index in [0.717, 1.165) is 16.5 Å². The van der Waals surface area contributed by atoms with E-state index in [1.54, 1.807) is 0 Å². The van der Waals surface area contributed by atoms with E-state index in [1.165, 1.54) is 28.8 Å². The zero-order valence-corrected chi connectivity index (χ0v) is 14.1. The summed E-state index contributed by atoms with van der Waals surface area (Å²) in [7, 11) is 0. The maximum absolute atomic E-state index is 13.1. The van der Waals surface area contributed by atoms with Gasteiger partial charge in [0.2, 0.25) is 0 Å². The number of hydrogen-bond acceptors (Lipinski definition) is 0. The summed E-state index contributed by atoms with van der Waals surface area (Å²) in [6.45, 7) is 4.22. The van der Waals surface area contributed by atoms with Crippen LogP contribution in [0, 0.1) is 19.7 Å². The highest BCUT2D eigenvalue weighted by molar-refractivity contribution is 9.11. The standard InChI is InChI=1S/C16H15Br2F/c1-10-3-4-11(2)12(7-10)8-15(17)14-6-5-13(19)9-16(14)18/h3-7,9,15H,8H2,1-2H3. The van der Waals surface area contributed by atoms with Gasteiger partial charge in [0, 0.05) is 9.30 Å². The first-order valence-corrected chi connectivity index (χ1v) is 7.83. The molecule has 0 saturated carbocycles. The van der Waals surface area contributed by atoms with E-state index in [2.05, 4.69) is 63.9 Å². The van der Waals surface area contributed by atoms with Crippen molar-refractivity contribution in [3.63, 3.8) is 0 Å². The second-order valence-electron chi connectivity index (χ2n) is 4.77. The molecule has 1 atom stereocenters. The van der Waals surface area contributed by atoms with Gasteiger partial charge in [0.1, 0.15) is 5.82 Å². The summed E-state index contributed by atoms with van der Waals surface area (Å²) in [5, 5.41) is 0. The van der Waals surface area contributed by atoms with Gasteiger partial charge in [-0.3, -0.25) is 0 Å². The van der Waals surface area contributed by atoms with Crippen LogP contribution < -0.4 is 0 Å². The molecule has 0 bridgehead atoms. The Morgan fingerprint density at radius 1 is 1.11 bits per heavy atom. The molecule has 0 aliphatic carbocycles. The summed E-state index contributed by atoms with van der Waals surface area (Å²) >= 11 is 7.13. The van der Waals surface area contributed by atoms with Crippen LogP contribution in [-0.2, 0) is 6.42 Å². The lowest BCUT2D eigenvalue weighted by Gasteiger charge is -2.14. The topological polar surface area (TPSA) is 0 Å². The van der Waals surface area contributed by atoms with Gasteiger partial charge in [-0.15, -0.1) is 0 Å². The van der Waals surface area contributed by atoms with E-state index in [-0.39, 0.29) is 10.6 Å². The van der Waals surface area contributed by atoms with Crippen molar-refractivity contribution in [2.24, 2.45) is 0 Å². The molecule has 1 unspecified atom stereocenters. The van der Waals surface area contributed by atoms with Crippen LogP contribution in [0.15, 0.2) is 40.9 Å². The van der Waals surface area contributed by atoms with Gasteiger partial charge in [-0.05, 0) is 49.1 Å². The highest BCUT2D eigenvalue weighted by Gasteiger charge is 2.13. The Bertz CT molecular complexity index is 593. The first-order valence-electron chi connectivity index (χ1n) is 6.12. The summed E-state index contributed by atoms with van der Waals surface area (Å²) in [5.41, 5.74) is 4.94. The highest BCUT2D eigenvalue weighted by atomic mass is 79.9. The largest absolute Gasteiger partial charge is 0.207 e. The molecular weight excluding hydrogens is 371 g/mol. The molecule has 0 aliphatic rings. The number of benzene rings is 2. The van der Waals surface area contributed by atoms with Gasteiger partial charge in [0.05, 0.1) is 0 Å². The van der Waals surface area contributed by atoms with E-state index in [0.29, 0.717) is 0 Å². The number of hydrogen-bond donors (Lipinski definition) is 0. The molecule has 2 aromatic carbocycles. The zero-order chi connectivity index (χ0) is 14.0. The van der Waals surface area contributed by atoms with Gasteiger partial charge in [-0.1, -0.05) is 61.7 Å². The van der Waals surface area contributed by atoms with Crippen molar-refractivity contribution < 1.29 is 4.39 Å². The van der Waals surface area contributed by atoms with Crippen molar-refractivity contribution in [3.05, 3.63) is 68.9 Å². The summed E-state index contributed by atoms with van der Waals surface area (Å²) in [6.07, 6.45) is 0.887. The van der Waals surface area contributed by atoms with Crippen LogP contribution in [0.4, 0.5) is 4.39 Å². The van der Waals surface area contributed by atoms with Crippen LogP contribution in [0.25, 0.3) is 0 Å². The molecule has 2 aromatic rings. The minimum Gasteiger partial charge on any atom is -0.207 e. The van der Waals surface area contributed by atoms with Crippen LogP contribution in [0.1, 0.15) is 27.1 Å². The molecular formula is C16H15Br2F. The van der Waals surface area contributed by atoms with Crippen molar-refractivity contribution in [3.8, 4) is 0 Å². The Kier molecular flexibility index (Phi) is 4.80. The molecule has 19 heavy (non-hydrogen) atoms. The summed E-state index contributed by atoms with van der Waals surface area (Å²) in [5.74, 6) is -0.220. The van der Waals surface area contributed by atoms with Crippen molar-refractivity contribution in [2.75, 3.05) is 0 Å². The van der Waals surface area contributed by atoms with Crippen molar-refractivity contribution in [1.82, 2.24) is 0 Å². The average Bonchev–Trinajstić information content (AvgIpc) is 2.33. The first kappa shape index (κ1) is 14.7. The SMILES string of the molecule is Cc1ccc(C)c(CC(Br)c2ccc(F)cc2Br)c1. The molecule has 3 heteroatoms. The van der Waals surface area contributed by atoms with Gasteiger partial charge in [0.25, 0.3) is 0 Å². The van der Waals surface area contributed by atoms with Gasteiger partial charge >= 0.3 is 0 Å². The fourth-order valence-corrected chi connectivity index (χ4v) is 3.76. The summed E-state index contributed by atoms with van der Waals surface area (Å²) < 4.78 is 13.9. The Morgan fingerprint density at radius 2 is 1.84 bits per heavy atom. The second-order valence-corrected chi connectivity index (χ2v) is 6.73. The highest BCUT2D eigenvalue weighted by Crippen LogP contribution is 2.33. The third-order valence-electron chi connectivity index (χ3n) is 3.20. The minimum absolute atomic E-state index is 0.169. The number of alkyl halides is 1. The zero-order valence-electron chi connectivity index (χ0n) is 10.9. The molecule has 2 rings (SSSR count). The number of halogens is 3. The van der Waals surface area contributed by atoms with E-state index >= 15 is 0 Å². The van der Waals surface area contributed by atoms with Gasteiger partial charge in [-0.2, -0.15) is 0 Å². The molecule has 0 N–H and O–H groups in total. The van der Waals surface area contributed by atoms with Crippen molar-refractivity contribution in [1.29, 1.82) is 0 Å². The number of aryl methyl sites for hydroxylation is 2. The number of rotatable bonds is 3. The van der Waals surface area contributed by atoms with Crippen LogP contribution in [0.2, 0.25) is 0 Å². The van der Waals surface area contributed by atoms with Crippen LogP contribution >= 0.6 is 31.9 Å². The molecule has 0 nitrogen and oxygen atoms in total. The predicted molar refractivity (Wildman–Crippen MR) is 85.4 cm³/mol. The maximum Gasteiger partial charge on any atom is 0.124 e. The van der Waals surface area contributed by atoms with Crippen molar-refractivity contribution >= 4 is 31.9 Å². The molecule has 0 radical (unpaired) electrons. The van der Waals surface area contributed by atoms with E-state index in [4.69, 9.17) is 0 Å². The first-order chi connectivity index (χ1) is 8.97. The van der Waals surface area contributed by atoms with E-state index < -0.39 is 0 Å². The van der Waals surface area contributed by atoms with Crippen LogP contribution in [-0.4, -0.2) is 0 Å². The van der Waals surface area contributed by atoms with Gasteiger partial charge in [0.15, 0.2) is 0 Å². The average molecular weight is 386 g/mol. The molecule has 0 heterocycles. The molecule has 0 saturated heterocycles. The molecule has 0 aliphatic heterocycles. The summed E-state index contributed by atoms with van der Waals surface area (Å²) in [4.78, 5) is 0.169. The molecule has 0 spiro atoms. The Hall–Kier alpha value is -0.670. The van der Waals surface area contributed by atoms with Gasteiger partial charge < -0.3 is 0 Å². The third-order valence-corrected chi connectivity index (χ3v) is 4.71. The van der Waals surface area contributed by atoms with Crippen LogP contribution in [0.5, 0.6) is 0 Å². The quantitative estimate of drug-likeness (QED) is 0.578. The summed E-state index contributed by atoms with van der Waals surface area (Å²) in [6, 6.07) is 11.3. The lowest BCUT2D eigenvalue weighted by Crippen LogP contribution is -1.99. The fraction of sp³-hybridized carbons (Fsp3) is 0.250. The van der Waals surface area contributed by atoms with Crippen molar-refractivity contribution in [2.45, 2.75) is 25.1 Å². The third kappa shape index (κ3) is 3.67.